The van der Waals surface area contributed by atoms with Gasteiger partial charge in [-0.15, -0.1) is 0 Å². The number of nitrogens with zero attached hydrogens (tertiary/aromatic N) is 1. The number of aromatic amines is 1. The fourth-order valence-corrected chi connectivity index (χ4v) is 1.60. The van der Waals surface area contributed by atoms with Crippen LogP contribution in [-0.4, -0.2) is 16.1 Å². The quantitative estimate of drug-likeness (QED) is 0.864. The Balaban J connectivity index is 1.86. The van der Waals surface area contributed by atoms with Gasteiger partial charge >= 0.3 is 0 Å². The van der Waals surface area contributed by atoms with E-state index in [0.29, 0.717) is 6.54 Å². The number of benzene rings is 1. The minimum absolute atomic E-state index is 0.0952. The molecule has 0 saturated carbocycles. The Labute approximate surface area is 104 Å². The van der Waals surface area contributed by atoms with Crippen LogP contribution < -0.4 is 5.32 Å². The molecule has 2 aromatic rings. The average Bonchev–Trinajstić information content (AvgIpc) is 2.75. The van der Waals surface area contributed by atoms with E-state index < -0.39 is 0 Å². The number of nitrogens with one attached hydrogen (secondary N) is 2. The van der Waals surface area contributed by atoms with Crippen LogP contribution in [0.4, 0.5) is 4.39 Å². The van der Waals surface area contributed by atoms with Crippen LogP contribution in [0.5, 0.6) is 0 Å². The van der Waals surface area contributed by atoms with Gasteiger partial charge in [-0.25, -0.2) is 4.39 Å². The molecule has 0 fully saturated rings. The molecule has 1 amide bonds. The zero-order valence-electron chi connectivity index (χ0n) is 10.0. The van der Waals surface area contributed by atoms with Crippen molar-refractivity contribution in [2.24, 2.45) is 0 Å². The van der Waals surface area contributed by atoms with Crippen molar-refractivity contribution in [2.75, 3.05) is 0 Å². The molecule has 0 aliphatic rings. The minimum atomic E-state index is -0.298. The molecule has 0 aliphatic carbocycles. The maximum absolute atomic E-state index is 12.7. The zero-order chi connectivity index (χ0) is 13.0. The molecule has 2 N–H and O–H groups in total. The number of hydrogen-bond acceptors (Lipinski definition) is 2. The van der Waals surface area contributed by atoms with Crippen molar-refractivity contribution >= 4 is 5.91 Å². The Hall–Kier alpha value is -2.17. The minimum Gasteiger partial charge on any atom is -0.352 e. The van der Waals surface area contributed by atoms with Gasteiger partial charge in [-0.1, -0.05) is 12.1 Å². The molecule has 0 aliphatic heterocycles. The summed E-state index contributed by atoms with van der Waals surface area (Å²) < 4.78 is 12.7. The monoisotopic (exact) mass is 247 g/mol. The van der Waals surface area contributed by atoms with Gasteiger partial charge in [0, 0.05) is 17.8 Å². The molecule has 0 unspecified atom stereocenters. The first-order valence-electron chi connectivity index (χ1n) is 5.65. The van der Waals surface area contributed by atoms with Crippen LogP contribution in [0, 0.1) is 12.7 Å². The van der Waals surface area contributed by atoms with Crippen LogP contribution in [0.3, 0.4) is 0 Å². The molecule has 1 heterocycles. The normalized spacial score (nSPS) is 10.3. The number of rotatable bonds is 4. The van der Waals surface area contributed by atoms with E-state index in [9.17, 15) is 9.18 Å². The summed E-state index contributed by atoms with van der Waals surface area (Å²) in [6.07, 6.45) is 1.94. The lowest BCUT2D eigenvalue weighted by molar-refractivity contribution is -0.120. The molecule has 0 spiro atoms. The molecule has 4 nitrogen and oxygen atoms in total. The Bertz CT molecular complexity index is 533. The van der Waals surface area contributed by atoms with Crippen LogP contribution in [0.1, 0.15) is 16.8 Å². The van der Waals surface area contributed by atoms with E-state index in [-0.39, 0.29) is 18.1 Å². The lowest BCUT2D eigenvalue weighted by Crippen LogP contribution is -2.24. The first-order chi connectivity index (χ1) is 8.65. The number of amides is 1. The molecule has 94 valence electrons. The average molecular weight is 247 g/mol. The van der Waals surface area contributed by atoms with E-state index in [0.717, 1.165) is 16.8 Å². The highest BCUT2D eigenvalue weighted by molar-refractivity contribution is 5.78. The number of H-pyrrole nitrogens is 1. The standard InChI is InChI=1S/C13H14FN3O/c1-9-11(8-16-17-9)7-15-13(18)6-10-2-4-12(14)5-3-10/h2-5,8H,6-7H2,1H3,(H,15,18)(H,16,17). The Morgan fingerprint density at radius 2 is 2.11 bits per heavy atom. The highest BCUT2D eigenvalue weighted by Crippen LogP contribution is 2.04. The number of aromatic nitrogens is 2. The summed E-state index contributed by atoms with van der Waals surface area (Å²) in [4.78, 5) is 11.7. The van der Waals surface area contributed by atoms with E-state index in [1.807, 2.05) is 6.92 Å². The number of carbonyl (C=O) groups excluding carboxylic acids is 1. The maximum Gasteiger partial charge on any atom is 0.224 e. The highest BCUT2D eigenvalue weighted by Gasteiger charge is 2.05. The second-order valence-electron chi connectivity index (χ2n) is 4.10. The molecule has 2 rings (SSSR count). The van der Waals surface area contributed by atoms with Crippen LogP contribution >= 0.6 is 0 Å². The largest absolute Gasteiger partial charge is 0.352 e. The number of carbonyl (C=O) groups is 1. The Kier molecular flexibility index (Phi) is 3.72. The number of halogens is 1. The fraction of sp³-hybridized carbons (Fsp3) is 0.231. The van der Waals surface area contributed by atoms with Gasteiger partial charge in [0.15, 0.2) is 0 Å². The van der Waals surface area contributed by atoms with Gasteiger partial charge < -0.3 is 5.32 Å². The van der Waals surface area contributed by atoms with Crippen molar-refractivity contribution in [2.45, 2.75) is 19.9 Å². The third-order valence-electron chi connectivity index (χ3n) is 2.69. The summed E-state index contributed by atoms with van der Waals surface area (Å²) in [5.41, 5.74) is 2.69. The van der Waals surface area contributed by atoms with Crippen molar-refractivity contribution in [3.05, 3.63) is 53.1 Å². The van der Waals surface area contributed by atoms with Gasteiger partial charge in [-0.05, 0) is 24.6 Å². The topological polar surface area (TPSA) is 57.8 Å². The molecule has 1 aromatic carbocycles. The fourth-order valence-electron chi connectivity index (χ4n) is 1.60. The SMILES string of the molecule is Cc1[nH]ncc1CNC(=O)Cc1ccc(F)cc1. The van der Waals surface area contributed by atoms with Crippen molar-refractivity contribution in [1.82, 2.24) is 15.5 Å². The lowest BCUT2D eigenvalue weighted by atomic mass is 10.1. The molecular weight excluding hydrogens is 233 g/mol. The van der Waals surface area contributed by atoms with Crippen molar-refractivity contribution in [3.8, 4) is 0 Å². The second-order valence-corrected chi connectivity index (χ2v) is 4.10. The molecule has 0 radical (unpaired) electrons. The second kappa shape index (κ2) is 5.44. The van der Waals surface area contributed by atoms with Gasteiger partial charge in [-0.3, -0.25) is 9.89 Å². The van der Waals surface area contributed by atoms with Crippen LogP contribution in [0.2, 0.25) is 0 Å². The van der Waals surface area contributed by atoms with Crippen molar-refractivity contribution < 1.29 is 9.18 Å². The zero-order valence-corrected chi connectivity index (χ0v) is 10.0. The molecule has 1 aromatic heterocycles. The first-order valence-corrected chi connectivity index (χ1v) is 5.65. The Morgan fingerprint density at radius 1 is 1.39 bits per heavy atom. The van der Waals surface area contributed by atoms with E-state index >= 15 is 0 Å². The molecule has 0 saturated heterocycles. The first kappa shape index (κ1) is 12.3. The molecule has 18 heavy (non-hydrogen) atoms. The maximum atomic E-state index is 12.7. The summed E-state index contributed by atoms with van der Waals surface area (Å²) in [5, 5.41) is 9.48. The molecule has 0 atom stereocenters. The number of aryl methyl sites for hydroxylation is 1. The van der Waals surface area contributed by atoms with Gasteiger partial charge in [0.2, 0.25) is 5.91 Å². The number of hydrogen-bond donors (Lipinski definition) is 2. The van der Waals surface area contributed by atoms with Gasteiger partial charge in [-0.2, -0.15) is 5.10 Å². The van der Waals surface area contributed by atoms with Crippen LogP contribution in [0.15, 0.2) is 30.5 Å². The summed E-state index contributed by atoms with van der Waals surface area (Å²) in [6.45, 7) is 2.34. The van der Waals surface area contributed by atoms with Crippen molar-refractivity contribution in [1.29, 1.82) is 0 Å². The van der Waals surface area contributed by atoms with E-state index in [1.165, 1.54) is 12.1 Å². The summed E-state index contributed by atoms with van der Waals surface area (Å²) in [6, 6.07) is 5.92. The summed E-state index contributed by atoms with van der Waals surface area (Å²) >= 11 is 0. The third kappa shape index (κ3) is 3.16. The molecule has 5 heteroatoms. The predicted octanol–water partition coefficient (Wildman–Crippen LogP) is 1.72. The van der Waals surface area contributed by atoms with E-state index in [1.54, 1.807) is 18.3 Å². The van der Waals surface area contributed by atoms with Crippen LogP contribution in [-0.2, 0) is 17.8 Å². The van der Waals surface area contributed by atoms with Crippen LogP contribution in [0.25, 0.3) is 0 Å². The van der Waals surface area contributed by atoms with Crippen molar-refractivity contribution in [3.63, 3.8) is 0 Å². The van der Waals surface area contributed by atoms with E-state index in [2.05, 4.69) is 15.5 Å². The third-order valence-corrected chi connectivity index (χ3v) is 2.69. The van der Waals surface area contributed by atoms with E-state index in [4.69, 9.17) is 0 Å². The summed E-state index contributed by atoms with van der Waals surface area (Å²) in [5.74, 6) is -0.393. The van der Waals surface area contributed by atoms with Gasteiger partial charge in [0.25, 0.3) is 0 Å². The van der Waals surface area contributed by atoms with Gasteiger partial charge in [0.1, 0.15) is 5.82 Å². The molecular formula is C13H14FN3O. The Morgan fingerprint density at radius 3 is 2.72 bits per heavy atom. The smallest absolute Gasteiger partial charge is 0.224 e. The lowest BCUT2D eigenvalue weighted by Gasteiger charge is -2.04. The summed E-state index contributed by atoms with van der Waals surface area (Å²) in [7, 11) is 0. The molecule has 0 bridgehead atoms. The highest BCUT2D eigenvalue weighted by atomic mass is 19.1. The predicted molar refractivity (Wildman–Crippen MR) is 65.3 cm³/mol. The van der Waals surface area contributed by atoms with Gasteiger partial charge in [0.05, 0.1) is 12.6 Å².